The molecule has 0 radical (unpaired) electrons. The number of nitrogen functional groups attached to an aromatic ring is 1. The number of alkyl halides is 1. The molecule has 1 unspecified atom stereocenters. The highest BCUT2D eigenvalue weighted by Gasteiger charge is 2.21. The van der Waals surface area contributed by atoms with Crippen molar-refractivity contribution in [3.8, 4) is 0 Å². The molecule has 0 aliphatic carbocycles. The molecule has 134 valence electrons. The van der Waals surface area contributed by atoms with Crippen LogP contribution in [0.4, 0.5) is 10.2 Å². The first kappa shape index (κ1) is 16.6. The molecule has 4 aromatic rings. The van der Waals surface area contributed by atoms with Crippen LogP contribution in [-0.4, -0.2) is 31.0 Å². The summed E-state index contributed by atoms with van der Waals surface area (Å²) < 4.78 is 16.5. The average molecular weight is 362 g/mol. The lowest BCUT2D eigenvalue weighted by Gasteiger charge is -2.09. The number of hydrogen-bond donors (Lipinski definition) is 3. The van der Waals surface area contributed by atoms with Gasteiger partial charge in [0.05, 0.1) is 5.52 Å². The van der Waals surface area contributed by atoms with Gasteiger partial charge < -0.3 is 16.9 Å². The largest absolute Gasteiger partial charge is 0.404 e. The Morgan fingerprint density at radius 1 is 1.19 bits per heavy atom. The fraction of sp³-hybridized carbons (Fsp3) is 0.0556. The molecule has 0 aliphatic rings. The molecule has 0 saturated heterocycles. The molecule has 5 N–H and O–H groups in total. The van der Waals surface area contributed by atoms with Gasteiger partial charge in [-0.25, -0.2) is 4.39 Å². The highest BCUT2D eigenvalue weighted by molar-refractivity contribution is 6.08. The second-order valence-electron chi connectivity index (χ2n) is 5.89. The van der Waals surface area contributed by atoms with Gasteiger partial charge in [0.2, 0.25) is 0 Å². The molecule has 27 heavy (non-hydrogen) atoms. The number of allylic oxidation sites excluding steroid dienone is 1. The van der Waals surface area contributed by atoms with Crippen molar-refractivity contribution < 1.29 is 4.39 Å². The topological polar surface area (TPSA) is 132 Å². The Bertz CT molecular complexity index is 1200. The van der Waals surface area contributed by atoms with Gasteiger partial charge in [0.25, 0.3) is 0 Å². The summed E-state index contributed by atoms with van der Waals surface area (Å²) in [4.78, 5) is 4.34. The van der Waals surface area contributed by atoms with Gasteiger partial charge in [-0.1, -0.05) is 6.07 Å². The molecule has 1 aromatic carbocycles. The van der Waals surface area contributed by atoms with Crippen molar-refractivity contribution in [1.29, 1.82) is 5.41 Å². The summed E-state index contributed by atoms with van der Waals surface area (Å²) in [5.41, 5.74) is 13.9. The Labute approximate surface area is 152 Å². The number of rotatable bonds is 4. The fourth-order valence-electron chi connectivity index (χ4n) is 2.82. The summed E-state index contributed by atoms with van der Waals surface area (Å²) in [7, 11) is 0. The molecule has 0 aliphatic heterocycles. The van der Waals surface area contributed by atoms with E-state index in [1.807, 2.05) is 0 Å². The van der Waals surface area contributed by atoms with E-state index in [2.05, 4.69) is 20.3 Å². The van der Waals surface area contributed by atoms with Gasteiger partial charge in [-0.2, -0.15) is 4.52 Å². The van der Waals surface area contributed by atoms with Crippen LogP contribution in [0, 0.1) is 5.41 Å². The number of nitrogens with zero attached hydrogens (tertiary/aromatic N) is 5. The SMILES string of the molecule is N=C/C(=C\N)c1cnc2ccc(C(F)c3nnc4ccc(N)nn34)cc2c1. The lowest BCUT2D eigenvalue weighted by atomic mass is 10.0. The quantitative estimate of drug-likeness (QED) is 0.477. The first-order valence-corrected chi connectivity index (χ1v) is 8.05. The predicted octanol–water partition coefficient (Wildman–Crippen LogP) is 2.26. The highest BCUT2D eigenvalue weighted by atomic mass is 19.1. The zero-order chi connectivity index (χ0) is 19.0. The fourth-order valence-corrected chi connectivity index (χ4v) is 2.82. The molecule has 4 rings (SSSR count). The van der Waals surface area contributed by atoms with E-state index in [4.69, 9.17) is 16.9 Å². The van der Waals surface area contributed by atoms with E-state index in [9.17, 15) is 0 Å². The molecule has 1 atom stereocenters. The summed E-state index contributed by atoms with van der Waals surface area (Å²) in [6, 6.07) is 10.1. The van der Waals surface area contributed by atoms with Crippen LogP contribution >= 0.6 is 0 Å². The monoisotopic (exact) mass is 362 g/mol. The van der Waals surface area contributed by atoms with E-state index in [1.165, 1.54) is 10.7 Å². The number of pyridine rings is 1. The number of anilines is 1. The minimum absolute atomic E-state index is 0.0443. The Morgan fingerprint density at radius 2 is 2.04 bits per heavy atom. The summed E-state index contributed by atoms with van der Waals surface area (Å²) in [5.74, 6) is 0.290. The first-order chi connectivity index (χ1) is 13.1. The molecule has 0 saturated carbocycles. The number of hydrogen-bond acceptors (Lipinski definition) is 7. The van der Waals surface area contributed by atoms with Crippen LogP contribution in [0.2, 0.25) is 0 Å². The minimum Gasteiger partial charge on any atom is -0.404 e. The maximum Gasteiger partial charge on any atom is 0.193 e. The maximum absolute atomic E-state index is 15.2. The molecule has 0 fully saturated rings. The molecule has 0 bridgehead atoms. The number of nitrogens with two attached hydrogens (primary N) is 2. The molecule has 0 amide bonds. The number of fused-ring (bicyclic) bond motifs is 2. The van der Waals surface area contributed by atoms with Crippen molar-refractivity contribution >= 4 is 34.2 Å². The van der Waals surface area contributed by atoms with Gasteiger partial charge in [-0.05, 0) is 35.9 Å². The van der Waals surface area contributed by atoms with E-state index < -0.39 is 6.17 Å². The highest BCUT2D eigenvalue weighted by Crippen LogP contribution is 2.28. The van der Waals surface area contributed by atoms with E-state index >= 15 is 4.39 Å². The summed E-state index contributed by atoms with van der Waals surface area (Å²) >= 11 is 0. The second kappa shape index (κ2) is 6.45. The van der Waals surface area contributed by atoms with Gasteiger partial charge in [0, 0.05) is 35.1 Å². The number of nitrogens with one attached hydrogen (secondary N) is 1. The Hall–Kier alpha value is -3.88. The van der Waals surface area contributed by atoms with Gasteiger partial charge >= 0.3 is 0 Å². The standard InChI is InChI=1S/C18H15FN8/c19-17(18-25-24-16-4-3-15(22)26-27(16)18)10-1-2-14-11(5-10)6-12(9-23-14)13(7-20)8-21/h1-9,17,20H,21H2,(H2,22,26)/b13-8+,20-7?. The molecule has 3 heterocycles. The number of aromatic nitrogens is 5. The van der Waals surface area contributed by atoms with E-state index in [1.54, 1.807) is 42.6 Å². The number of halogens is 1. The second-order valence-corrected chi connectivity index (χ2v) is 5.89. The number of benzene rings is 1. The Balaban J connectivity index is 1.80. The van der Waals surface area contributed by atoms with Gasteiger partial charge in [0.15, 0.2) is 17.6 Å². The normalized spacial score (nSPS) is 13.1. The van der Waals surface area contributed by atoms with Crippen LogP contribution in [0.1, 0.15) is 23.1 Å². The third-order valence-electron chi connectivity index (χ3n) is 4.20. The summed E-state index contributed by atoms with van der Waals surface area (Å²) in [6.07, 6.45) is 2.55. The van der Waals surface area contributed by atoms with Crippen molar-refractivity contribution in [2.75, 3.05) is 5.73 Å². The third kappa shape index (κ3) is 2.84. The van der Waals surface area contributed by atoms with Gasteiger partial charge in [-0.15, -0.1) is 15.3 Å². The molecule has 0 spiro atoms. The minimum atomic E-state index is -1.55. The van der Waals surface area contributed by atoms with Crippen molar-refractivity contribution in [3.05, 3.63) is 65.7 Å². The van der Waals surface area contributed by atoms with Crippen molar-refractivity contribution in [2.45, 2.75) is 6.17 Å². The zero-order valence-electron chi connectivity index (χ0n) is 14.0. The molecule has 3 aromatic heterocycles. The Morgan fingerprint density at radius 3 is 2.81 bits per heavy atom. The molecule has 8 nitrogen and oxygen atoms in total. The van der Waals surface area contributed by atoms with Gasteiger partial charge in [0.1, 0.15) is 5.82 Å². The predicted molar refractivity (Wildman–Crippen MR) is 101 cm³/mol. The first-order valence-electron chi connectivity index (χ1n) is 8.05. The lowest BCUT2D eigenvalue weighted by Crippen LogP contribution is -2.05. The van der Waals surface area contributed by atoms with Crippen LogP contribution < -0.4 is 11.5 Å². The Kier molecular flexibility index (Phi) is 3.96. The summed E-state index contributed by atoms with van der Waals surface area (Å²) in [5, 5.41) is 20.0. The van der Waals surface area contributed by atoms with Crippen LogP contribution in [0.3, 0.4) is 0 Å². The van der Waals surface area contributed by atoms with Crippen LogP contribution in [0.5, 0.6) is 0 Å². The van der Waals surface area contributed by atoms with Crippen LogP contribution in [0.15, 0.2) is 48.8 Å². The van der Waals surface area contributed by atoms with E-state index in [0.717, 1.165) is 11.6 Å². The van der Waals surface area contributed by atoms with E-state index in [-0.39, 0.29) is 11.6 Å². The average Bonchev–Trinajstić information content (AvgIpc) is 3.10. The molecular weight excluding hydrogens is 347 g/mol. The summed E-state index contributed by atoms with van der Waals surface area (Å²) in [6.45, 7) is 0. The maximum atomic E-state index is 15.2. The molecular formula is C18H15FN8. The van der Waals surface area contributed by atoms with Gasteiger partial charge in [-0.3, -0.25) is 4.98 Å². The van der Waals surface area contributed by atoms with Crippen molar-refractivity contribution in [2.24, 2.45) is 5.73 Å². The third-order valence-corrected chi connectivity index (χ3v) is 4.20. The van der Waals surface area contributed by atoms with Crippen molar-refractivity contribution in [3.63, 3.8) is 0 Å². The van der Waals surface area contributed by atoms with Crippen molar-refractivity contribution in [1.82, 2.24) is 24.8 Å². The van der Waals surface area contributed by atoms with Crippen LogP contribution in [0.25, 0.3) is 22.1 Å². The lowest BCUT2D eigenvalue weighted by molar-refractivity contribution is 0.378. The molecule has 9 heteroatoms. The zero-order valence-corrected chi connectivity index (χ0v) is 14.0. The van der Waals surface area contributed by atoms with E-state index in [0.29, 0.717) is 27.9 Å². The van der Waals surface area contributed by atoms with Crippen LogP contribution in [-0.2, 0) is 0 Å². The smallest absolute Gasteiger partial charge is 0.193 e.